The number of likely N-dealkylation sites (tertiary alicyclic amines) is 1. The maximum absolute atomic E-state index is 13.2. The summed E-state index contributed by atoms with van der Waals surface area (Å²) in [6.45, 7) is 1.10. The molecule has 3 aromatic rings. The average molecular weight is 403 g/mol. The average Bonchev–Trinajstić information content (AvgIpc) is 2.77. The summed E-state index contributed by atoms with van der Waals surface area (Å²) in [5, 5.41) is 0. The van der Waals surface area contributed by atoms with Gasteiger partial charge in [-0.3, -0.25) is 9.59 Å². The van der Waals surface area contributed by atoms with Crippen molar-refractivity contribution in [1.82, 2.24) is 14.5 Å². The summed E-state index contributed by atoms with van der Waals surface area (Å²) in [5.74, 6) is -0.372. The van der Waals surface area contributed by atoms with Gasteiger partial charge in [0, 0.05) is 36.8 Å². The fourth-order valence-corrected chi connectivity index (χ4v) is 4.99. The van der Waals surface area contributed by atoms with E-state index in [4.69, 9.17) is 0 Å². The lowest BCUT2D eigenvalue weighted by Crippen LogP contribution is -2.51. The summed E-state index contributed by atoms with van der Waals surface area (Å²) < 4.78 is 15.2. The largest absolute Gasteiger partial charge is 0.336 e. The van der Waals surface area contributed by atoms with E-state index in [1.807, 2.05) is 33.7 Å². The zero-order valence-electron chi connectivity index (χ0n) is 16.4. The molecule has 0 unspecified atom stereocenters. The molecule has 0 radical (unpaired) electrons. The monoisotopic (exact) mass is 403 g/mol. The number of nitrogens with zero attached hydrogens (tertiary/aromatic N) is 3. The van der Waals surface area contributed by atoms with Crippen LogP contribution in [0.25, 0.3) is 0 Å². The van der Waals surface area contributed by atoms with E-state index in [1.54, 1.807) is 12.1 Å². The Morgan fingerprint density at radius 2 is 1.87 bits per heavy atom. The number of benzene rings is 1. The zero-order valence-corrected chi connectivity index (χ0v) is 16.4. The number of halogens is 1. The Labute approximate surface area is 173 Å². The van der Waals surface area contributed by atoms with Gasteiger partial charge in [-0.15, -0.1) is 0 Å². The van der Waals surface area contributed by atoms with Crippen LogP contribution in [0, 0.1) is 11.7 Å². The first kappa shape index (κ1) is 18.7. The van der Waals surface area contributed by atoms with Gasteiger partial charge in [0.2, 0.25) is 0 Å². The Morgan fingerprint density at radius 1 is 1.03 bits per heavy atom. The molecule has 30 heavy (non-hydrogen) atoms. The van der Waals surface area contributed by atoms with Gasteiger partial charge < -0.3 is 9.47 Å². The molecular formula is C24H22FN3O2. The summed E-state index contributed by atoms with van der Waals surface area (Å²) in [6.07, 6.45) is 2.76. The normalized spacial score (nSPS) is 22.4. The molecule has 1 aromatic carbocycles. The molecule has 0 spiro atoms. The summed E-state index contributed by atoms with van der Waals surface area (Å²) in [7, 11) is 0. The van der Waals surface area contributed by atoms with Gasteiger partial charge in [-0.25, -0.2) is 9.37 Å². The van der Waals surface area contributed by atoms with E-state index in [9.17, 15) is 14.0 Å². The Balaban J connectivity index is 1.50. The molecule has 2 bridgehead atoms. The highest BCUT2D eigenvalue weighted by molar-refractivity contribution is 5.92. The lowest BCUT2D eigenvalue weighted by molar-refractivity contribution is 0.0523. The van der Waals surface area contributed by atoms with Gasteiger partial charge in [-0.05, 0) is 42.5 Å². The first-order chi connectivity index (χ1) is 14.6. The van der Waals surface area contributed by atoms with Gasteiger partial charge in [0.05, 0.1) is 6.20 Å². The van der Waals surface area contributed by atoms with Crippen LogP contribution >= 0.6 is 0 Å². The molecule has 152 valence electrons. The second-order valence-electron chi connectivity index (χ2n) is 8.18. The fraction of sp³-hybridized carbons (Fsp3) is 0.292. The number of aromatic nitrogens is 2. The number of rotatable bonds is 3. The summed E-state index contributed by atoms with van der Waals surface area (Å²) in [4.78, 5) is 31.6. The Kier molecular flexibility index (Phi) is 4.69. The third-order valence-electron chi connectivity index (χ3n) is 6.32. The zero-order chi connectivity index (χ0) is 20.7. The number of amides is 1. The van der Waals surface area contributed by atoms with Gasteiger partial charge in [-0.2, -0.15) is 0 Å². The van der Waals surface area contributed by atoms with Gasteiger partial charge >= 0.3 is 0 Å². The SMILES string of the molecule is O=C(c1ccc(F)cn1)N1C[C@H]2C[C@@H](C1)[C@H](Cc1ccccc1)n1c2cccc1=O. The molecule has 2 aliphatic heterocycles. The minimum absolute atomic E-state index is 0.0101. The fourth-order valence-electron chi connectivity index (χ4n) is 4.99. The molecule has 6 heteroatoms. The van der Waals surface area contributed by atoms with Crippen molar-refractivity contribution in [2.45, 2.75) is 24.8 Å². The second-order valence-corrected chi connectivity index (χ2v) is 8.18. The molecule has 5 rings (SSSR count). The smallest absolute Gasteiger partial charge is 0.272 e. The van der Waals surface area contributed by atoms with Gasteiger partial charge in [0.1, 0.15) is 11.5 Å². The van der Waals surface area contributed by atoms with Crippen LogP contribution in [0.4, 0.5) is 4.39 Å². The van der Waals surface area contributed by atoms with Gasteiger partial charge in [0.15, 0.2) is 0 Å². The molecule has 3 atom stereocenters. The Hall–Kier alpha value is -3.28. The lowest BCUT2D eigenvalue weighted by Gasteiger charge is -2.47. The van der Waals surface area contributed by atoms with Crippen molar-refractivity contribution in [2.75, 3.05) is 13.1 Å². The van der Waals surface area contributed by atoms with E-state index in [0.29, 0.717) is 13.1 Å². The van der Waals surface area contributed by atoms with Crippen LogP contribution in [-0.2, 0) is 6.42 Å². The number of piperidine rings is 1. The predicted molar refractivity (Wildman–Crippen MR) is 111 cm³/mol. The Morgan fingerprint density at radius 3 is 2.63 bits per heavy atom. The van der Waals surface area contributed by atoms with Crippen LogP contribution in [-0.4, -0.2) is 33.4 Å². The number of carbonyl (C=O) groups is 1. The van der Waals surface area contributed by atoms with E-state index >= 15 is 0 Å². The second kappa shape index (κ2) is 7.52. The van der Waals surface area contributed by atoms with Crippen molar-refractivity contribution in [3.8, 4) is 0 Å². The number of hydrogen-bond donors (Lipinski definition) is 0. The molecule has 1 fully saturated rings. The van der Waals surface area contributed by atoms with Gasteiger partial charge in [0.25, 0.3) is 11.5 Å². The molecule has 0 N–H and O–H groups in total. The minimum Gasteiger partial charge on any atom is -0.336 e. The molecule has 1 amide bonds. The maximum Gasteiger partial charge on any atom is 0.272 e. The molecule has 2 aliphatic rings. The van der Waals surface area contributed by atoms with E-state index < -0.39 is 5.82 Å². The van der Waals surface area contributed by atoms with Crippen molar-refractivity contribution in [2.24, 2.45) is 5.92 Å². The van der Waals surface area contributed by atoms with E-state index in [0.717, 1.165) is 24.7 Å². The van der Waals surface area contributed by atoms with Crippen molar-refractivity contribution in [3.63, 3.8) is 0 Å². The van der Waals surface area contributed by atoms with E-state index in [1.165, 1.54) is 17.7 Å². The van der Waals surface area contributed by atoms with Crippen LogP contribution in [0.1, 0.15) is 40.1 Å². The minimum atomic E-state index is -0.460. The topological polar surface area (TPSA) is 55.2 Å². The standard InChI is InChI=1S/C24H22FN3O2/c25-19-9-10-20(26-13-19)24(30)27-14-17-12-18(15-27)22(11-16-5-2-1-3-6-16)28-21(17)7-4-8-23(28)29/h1-10,13,17-18,22H,11-12,14-15H2/t17-,18+,22+/m1/s1. The molecule has 4 heterocycles. The molecule has 1 saturated heterocycles. The van der Waals surface area contributed by atoms with E-state index in [-0.39, 0.29) is 35.0 Å². The third-order valence-corrected chi connectivity index (χ3v) is 6.32. The highest BCUT2D eigenvalue weighted by Crippen LogP contribution is 2.42. The number of fused-ring (bicyclic) bond motifs is 4. The first-order valence-corrected chi connectivity index (χ1v) is 10.3. The molecule has 2 aromatic heterocycles. The highest BCUT2D eigenvalue weighted by atomic mass is 19.1. The summed E-state index contributed by atoms with van der Waals surface area (Å²) in [5.41, 5.74) is 2.43. The predicted octanol–water partition coefficient (Wildman–Crippen LogP) is 3.43. The summed E-state index contributed by atoms with van der Waals surface area (Å²) >= 11 is 0. The third kappa shape index (κ3) is 3.32. The quantitative estimate of drug-likeness (QED) is 0.673. The van der Waals surface area contributed by atoms with Crippen LogP contribution < -0.4 is 5.56 Å². The van der Waals surface area contributed by atoms with Crippen molar-refractivity contribution < 1.29 is 9.18 Å². The first-order valence-electron chi connectivity index (χ1n) is 10.3. The molecular weight excluding hydrogens is 381 g/mol. The van der Waals surface area contributed by atoms with Crippen LogP contribution in [0.5, 0.6) is 0 Å². The van der Waals surface area contributed by atoms with Crippen LogP contribution in [0.2, 0.25) is 0 Å². The summed E-state index contributed by atoms with van der Waals surface area (Å²) in [6, 6.07) is 18.3. The van der Waals surface area contributed by atoms with Crippen molar-refractivity contribution in [1.29, 1.82) is 0 Å². The number of hydrogen-bond acceptors (Lipinski definition) is 3. The molecule has 5 nitrogen and oxygen atoms in total. The lowest BCUT2D eigenvalue weighted by atomic mass is 9.76. The molecule has 0 saturated carbocycles. The van der Waals surface area contributed by atoms with Crippen LogP contribution in [0.3, 0.4) is 0 Å². The van der Waals surface area contributed by atoms with E-state index in [2.05, 4.69) is 17.1 Å². The van der Waals surface area contributed by atoms with Gasteiger partial charge in [-0.1, -0.05) is 36.4 Å². The van der Waals surface area contributed by atoms with Crippen LogP contribution in [0.15, 0.2) is 71.7 Å². The number of carbonyl (C=O) groups excluding carboxylic acids is 1. The van der Waals surface area contributed by atoms with Crippen molar-refractivity contribution in [3.05, 3.63) is 100.0 Å². The Bertz CT molecular complexity index is 1130. The highest BCUT2D eigenvalue weighted by Gasteiger charge is 2.42. The maximum atomic E-state index is 13.2. The number of pyridine rings is 2. The van der Waals surface area contributed by atoms with Crippen molar-refractivity contribution >= 4 is 5.91 Å². The molecule has 0 aliphatic carbocycles.